The fourth-order valence-electron chi connectivity index (χ4n) is 1.21. The van der Waals surface area contributed by atoms with Crippen molar-refractivity contribution in [2.45, 2.75) is 4.21 Å². The summed E-state index contributed by atoms with van der Waals surface area (Å²) in [6, 6.07) is 0.867. The van der Waals surface area contributed by atoms with Gasteiger partial charge in [0.2, 0.25) is 0 Å². The second-order valence-corrected chi connectivity index (χ2v) is 9.64. The van der Waals surface area contributed by atoms with E-state index in [0.717, 1.165) is 16.6 Å². The Balaban J connectivity index is 3.05. The van der Waals surface area contributed by atoms with Crippen molar-refractivity contribution in [1.29, 1.82) is 0 Å². The minimum atomic E-state index is -3.99. The van der Waals surface area contributed by atoms with Crippen LogP contribution in [0, 0.1) is 10.1 Å². The lowest BCUT2D eigenvalue weighted by molar-refractivity contribution is -0.383. The molecule has 0 aromatic carbocycles. The van der Waals surface area contributed by atoms with Gasteiger partial charge in [-0.25, -0.2) is 16.8 Å². The van der Waals surface area contributed by atoms with Gasteiger partial charge in [0.1, 0.15) is 14.0 Å². The first-order valence-electron chi connectivity index (χ1n) is 5.13. The lowest BCUT2D eigenvalue weighted by atomic mass is 10.5. The standard InChI is InChI=1S/C8H13N3O6S3/c1-10(3-4-19(2,14)15)20(16,17)7-5-6(11(12)13)8(9)18-7/h5H,3-4,9H2,1-2H3. The molecule has 0 spiro atoms. The highest BCUT2D eigenvalue weighted by Crippen LogP contribution is 2.35. The number of rotatable bonds is 6. The van der Waals surface area contributed by atoms with Gasteiger partial charge in [-0.1, -0.05) is 11.3 Å². The SMILES string of the molecule is CN(CCS(C)(=O)=O)S(=O)(=O)c1cc([N+](=O)[O-])c(N)s1. The number of nitro groups is 1. The van der Waals surface area contributed by atoms with Crippen LogP contribution in [0.4, 0.5) is 10.7 Å². The van der Waals surface area contributed by atoms with Crippen LogP contribution in [-0.4, -0.2) is 51.7 Å². The van der Waals surface area contributed by atoms with E-state index in [1.165, 1.54) is 7.05 Å². The van der Waals surface area contributed by atoms with Crippen molar-refractivity contribution in [3.8, 4) is 0 Å². The summed E-state index contributed by atoms with van der Waals surface area (Å²) >= 11 is 0.568. The molecule has 0 aliphatic rings. The molecule has 1 aromatic rings. The molecule has 0 atom stereocenters. The summed E-state index contributed by atoms with van der Waals surface area (Å²) in [5, 5.41) is 10.4. The predicted octanol–water partition coefficient (Wildman–Crippen LogP) is -0.0964. The summed E-state index contributed by atoms with van der Waals surface area (Å²) in [5.41, 5.74) is 4.90. The molecule has 1 aromatic heterocycles. The largest absolute Gasteiger partial charge is 0.385 e. The topological polar surface area (TPSA) is 141 Å². The summed E-state index contributed by atoms with van der Waals surface area (Å²) in [6.45, 7) is -0.243. The van der Waals surface area contributed by atoms with E-state index in [1.54, 1.807) is 0 Å². The zero-order chi connectivity index (χ0) is 15.7. The third kappa shape index (κ3) is 3.88. The maximum atomic E-state index is 12.1. The number of thiophene rings is 1. The molecule has 1 heterocycles. The van der Waals surface area contributed by atoms with Crippen LogP contribution in [0.15, 0.2) is 10.3 Å². The Morgan fingerprint density at radius 3 is 2.35 bits per heavy atom. The van der Waals surface area contributed by atoms with Crippen LogP contribution < -0.4 is 5.73 Å². The minimum Gasteiger partial charge on any atom is -0.385 e. The normalized spacial score (nSPS) is 12.8. The maximum absolute atomic E-state index is 12.1. The summed E-state index contributed by atoms with van der Waals surface area (Å²) in [5.74, 6) is -0.342. The molecule has 9 nitrogen and oxygen atoms in total. The molecule has 0 radical (unpaired) electrons. The van der Waals surface area contributed by atoms with E-state index in [1.807, 2.05) is 0 Å². The molecular formula is C8H13N3O6S3. The van der Waals surface area contributed by atoms with Gasteiger partial charge in [0.05, 0.1) is 10.7 Å². The van der Waals surface area contributed by atoms with Crippen LogP contribution in [0.25, 0.3) is 0 Å². The van der Waals surface area contributed by atoms with E-state index in [2.05, 4.69) is 0 Å². The van der Waals surface area contributed by atoms with Crippen molar-refractivity contribution in [3.05, 3.63) is 16.2 Å². The van der Waals surface area contributed by atoms with Gasteiger partial charge in [-0.15, -0.1) is 0 Å². The second-order valence-electron chi connectivity index (χ2n) is 4.03. The van der Waals surface area contributed by atoms with E-state index >= 15 is 0 Å². The van der Waals surface area contributed by atoms with Crippen molar-refractivity contribution >= 4 is 41.9 Å². The number of sulfone groups is 1. The summed E-state index contributed by atoms with van der Waals surface area (Å²) in [4.78, 5) is 9.86. The molecule has 0 saturated carbocycles. The quantitative estimate of drug-likeness (QED) is 0.561. The first-order valence-corrected chi connectivity index (χ1v) is 9.44. The summed E-state index contributed by atoms with van der Waals surface area (Å²) < 4.78 is 46.8. The Morgan fingerprint density at radius 2 is 1.95 bits per heavy atom. The Bertz CT molecular complexity index is 721. The lowest BCUT2D eigenvalue weighted by Gasteiger charge is -2.14. The number of nitrogen functional groups attached to an aromatic ring is 1. The molecule has 0 bridgehead atoms. The zero-order valence-electron chi connectivity index (χ0n) is 10.6. The van der Waals surface area contributed by atoms with Crippen LogP contribution in [0.3, 0.4) is 0 Å². The number of sulfonamides is 1. The molecule has 0 fully saturated rings. The van der Waals surface area contributed by atoms with E-state index < -0.39 is 30.5 Å². The van der Waals surface area contributed by atoms with E-state index in [9.17, 15) is 26.9 Å². The van der Waals surface area contributed by atoms with Gasteiger partial charge < -0.3 is 5.73 Å². The molecule has 0 aliphatic heterocycles. The molecule has 2 N–H and O–H groups in total. The number of nitrogens with two attached hydrogens (primary N) is 1. The van der Waals surface area contributed by atoms with Crippen molar-refractivity contribution in [1.82, 2.24) is 4.31 Å². The fourth-order valence-corrected chi connectivity index (χ4v) is 4.53. The predicted molar refractivity (Wildman–Crippen MR) is 74.9 cm³/mol. The summed E-state index contributed by atoms with van der Waals surface area (Å²) in [6.07, 6.45) is 0.988. The molecule has 0 unspecified atom stereocenters. The number of nitrogens with zero attached hydrogens (tertiary/aromatic N) is 2. The van der Waals surface area contributed by atoms with Crippen LogP contribution in [-0.2, 0) is 19.9 Å². The highest BCUT2D eigenvalue weighted by molar-refractivity contribution is 7.92. The molecule has 20 heavy (non-hydrogen) atoms. The highest BCUT2D eigenvalue weighted by atomic mass is 32.2. The van der Waals surface area contributed by atoms with Gasteiger partial charge in [0.25, 0.3) is 10.0 Å². The van der Waals surface area contributed by atoms with Gasteiger partial charge in [-0.3, -0.25) is 10.1 Å². The second kappa shape index (κ2) is 5.63. The maximum Gasteiger partial charge on any atom is 0.304 e. The van der Waals surface area contributed by atoms with Crippen LogP contribution in [0.1, 0.15) is 0 Å². The zero-order valence-corrected chi connectivity index (χ0v) is 13.1. The smallest absolute Gasteiger partial charge is 0.304 e. The third-order valence-electron chi connectivity index (χ3n) is 2.36. The Morgan fingerprint density at radius 1 is 1.40 bits per heavy atom. The van der Waals surface area contributed by atoms with Crippen molar-refractivity contribution < 1.29 is 21.8 Å². The molecule has 114 valence electrons. The minimum absolute atomic E-state index is 0.218. The molecule has 0 saturated heterocycles. The lowest BCUT2D eigenvalue weighted by Crippen LogP contribution is -2.31. The molecule has 0 amide bonds. The first-order chi connectivity index (χ1) is 8.95. The number of anilines is 1. The number of hydrogen-bond donors (Lipinski definition) is 1. The third-order valence-corrected chi connectivity index (χ3v) is 6.54. The average Bonchev–Trinajstić information content (AvgIpc) is 2.67. The van der Waals surface area contributed by atoms with E-state index in [4.69, 9.17) is 5.73 Å². The molecule has 1 rings (SSSR count). The molecular weight excluding hydrogens is 330 g/mol. The Labute approximate surface area is 120 Å². The van der Waals surface area contributed by atoms with Crippen LogP contribution in [0.2, 0.25) is 0 Å². The van der Waals surface area contributed by atoms with Gasteiger partial charge in [-0.05, 0) is 0 Å². The number of hydrogen-bond acceptors (Lipinski definition) is 8. The van der Waals surface area contributed by atoms with E-state index in [0.29, 0.717) is 11.3 Å². The van der Waals surface area contributed by atoms with Gasteiger partial charge in [0.15, 0.2) is 5.00 Å². The summed E-state index contributed by atoms with van der Waals surface area (Å²) in [7, 11) is -6.11. The average molecular weight is 343 g/mol. The van der Waals surface area contributed by atoms with Crippen molar-refractivity contribution in [2.75, 3.05) is 31.3 Å². The van der Waals surface area contributed by atoms with Crippen molar-refractivity contribution in [3.63, 3.8) is 0 Å². The molecule has 12 heteroatoms. The van der Waals surface area contributed by atoms with Crippen LogP contribution in [0.5, 0.6) is 0 Å². The highest BCUT2D eigenvalue weighted by Gasteiger charge is 2.28. The monoisotopic (exact) mass is 343 g/mol. The Hall–Kier alpha value is -1.24. The van der Waals surface area contributed by atoms with Gasteiger partial charge >= 0.3 is 5.69 Å². The first kappa shape index (κ1) is 16.8. The van der Waals surface area contributed by atoms with Crippen molar-refractivity contribution in [2.24, 2.45) is 0 Å². The fraction of sp³-hybridized carbons (Fsp3) is 0.500. The van der Waals surface area contributed by atoms with Gasteiger partial charge in [0, 0.05) is 25.9 Å². The Kier molecular flexibility index (Phi) is 4.74. The molecule has 0 aliphatic carbocycles. The van der Waals surface area contributed by atoms with E-state index in [-0.39, 0.29) is 21.5 Å². The van der Waals surface area contributed by atoms with Gasteiger partial charge in [-0.2, -0.15) is 4.31 Å². The van der Waals surface area contributed by atoms with Crippen LogP contribution >= 0.6 is 11.3 Å².